The Morgan fingerprint density at radius 2 is 2.20 bits per heavy atom. The highest BCUT2D eigenvalue weighted by Crippen LogP contribution is 2.19. The van der Waals surface area contributed by atoms with Crippen molar-refractivity contribution in [1.82, 2.24) is 4.90 Å². The summed E-state index contributed by atoms with van der Waals surface area (Å²) >= 11 is 1.84. The van der Waals surface area contributed by atoms with Gasteiger partial charge in [0.25, 0.3) is 0 Å². The number of nitrogens with two attached hydrogens (primary N) is 1. The van der Waals surface area contributed by atoms with E-state index in [0.717, 1.165) is 13.1 Å². The monoisotopic (exact) mass is 222 g/mol. The Hall–Kier alpha value is -0.640. The van der Waals surface area contributed by atoms with Gasteiger partial charge in [0.1, 0.15) is 0 Å². The van der Waals surface area contributed by atoms with Crippen molar-refractivity contribution in [3.8, 4) is 0 Å². The van der Waals surface area contributed by atoms with E-state index in [-0.39, 0.29) is 0 Å². The highest BCUT2D eigenvalue weighted by molar-refractivity contribution is 7.11. The second-order valence-electron chi connectivity index (χ2n) is 4.12. The number of nitrogens with zero attached hydrogens (tertiary/aromatic N) is 1. The lowest BCUT2D eigenvalue weighted by Crippen LogP contribution is -2.28. The van der Waals surface area contributed by atoms with Crippen molar-refractivity contribution in [1.29, 1.82) is 0 Å². The number of hydrogen-bond acceptors (Lipinski definition) is 3. The Balaban J connectivity index is 1.94. The van der Waals surface area contributed by atoms with Gasteiger partial charge in [0.15, 0.2) is 0 Å². The third kappa shape index (κ3) is 2.91. The summed E-state index contributed by atoms with van der Waals surface area (Å²) in [6.45, 7) is 6.27. The molecule has 0 spiro atoms. The summed E-state index contributed by atoms with van der Waals surface area (Å²) in [6, 6.07) is 4.35. The van der Waals surface area contributed by atoms with Crippen molar-refractivity contribution in [2.24, 2.45) is 5.73 Å². The summed E-state index contributed by atoms with van der Waals surface area (Å²) in [5, 5.41) is 0. The quantitative estimate of drug-likeness (QED) is 0.796. The SMILES string of the molecule is CC1=CCCN(Cc2ccc(CN)s2)C1. The fourth-order valence-corrected chi connectivity index (χ4v) is 2.90. The maximum atomic E-state index is 5.61. The molecule has 0 saturated heterocycles. The Kier molecular flexibility index (Phi) is 3.57. The van der Waals surface area contributed by atoms with Gasteiger partial charge in [-0.15, -0.1) is 11.3 Å². The van der Waals surface area contributed by atoms with E-state index in [2.05, 4.69) is 30.0 Å². The summed E-state index contributed by atoms with van der Waals surface area (Å²) in [4.78, 5) is 5.22. The number of rotatable bonds is 3. The molecule has 0 aliphatic carbocycles. The topological polar surface area (TPSA) is 29.3 Å². The third-order valence-corrected chi connectivity index (χ3v) is 3.80. The van der Waals surface area contributed by atoms with Crippen molar-refractivity contribution in [3.05, 3.63) is 33.5 Å². The summed E-state index contributed by atoms with van der Waals surface area (Å²) < 4.78 is 0. The van der Waals surface area contributed by atoms with Gasteiger partial charge in [0.2, 0.25) is 0 Å². The van der Waals surface area contributed by atoms with Crippen molar-refractivity contribution in [2.45, 2.75) is 26.4 Å². The van der Waals surface area contributed by atoms with Crippen molar-refractivity contribution >= 4 is 11.3 Å². The fourth-order valence-electron chi connectivity index (χ4n) is 1.96. The minimum absolute atomic E-state index is 0.670. The largest absolute Gasteiger partial charge is 0.326 e. The molecule has 82 valence electrons. The molecule has 0 radical (unpaired) electrons. The first kappa shape index (κ1) is 10.9. The van der Waals surface area contributed by atoms with E-state index in [0.29, 0.717) is 6.54 Å². The summed E-state index contributed by atoms with van der Waals surface area (Å²) in [7, 11) is 0. The molecule has 1 aromatic heterocycles. The molecular weight excluding hydrogens is 204 g/mol. The Bertz CT molecular complexity index is 354. The van der Waals surface area contributed by atoms with Gasteiger partial charge in [-0.1, -0.05) is 11.6 Å². The van der Waals surface area contributed by atoms with E-state index in [1.165, 1.54) is 28.3 Å². The van der Waals surface area contributed by atoms with Crippen LogP contribution < -0.4 is 5.73 Å². The standard InChI is InChI=1S/C12H18N2S/c1-10-3-2-6-14(8-10)9-12-5-4-11(7-13)15-12/h3-5H,2,6-9,13H2,1H3. The first-order valence-corrected chi connectivity index (χ1v) is 6.25. The second-order valence-corrected chi connectivity index (χ2v) is 5.37. The van der Waals surface area contributed by atoms with Gasteiger partial charge in [-0.3, -0.25) is 4.90 Å². The van der Waals surface area contributed by atoms with Crippen LogP contribution in [0.3, 0.4) is 0 Å². The van der Waals surface area contributed by atoms with Crippen LogP contribution in [0.4, 0.5) is 0 Å². The molecule has 1 aliphatic rings. The molecule has 0 atom stereocenters. The van der Waals surface area contributed by atoms with E-state index in [9.17, 15) is 0 Å². The van der Waals surface area contributed by atoms with Crippen LogP contribution in [-0.2, 0) is 13.1 Å². The van der Waals surface area contributed by atoms with E-state index in [1.807, 2.05) is 11.3 Å². The average molecular weight is 222 g/mol. The molecule has 0 aromatic carbocycles. The van der Waals surface area contributed by atoms with Crippen molar-refractivity contribution in [2.75, 3.05) is 13.1 Å². The molecule has 1 aromatic rings. The lowest BCUT2D eigenvalue weighted by Gasteiger charge is -2.25. The first-order chi connectivity index (χ1) is 7.28. The number of thiophene rings is 1. The molecule has 2 nitrogen and oxygen atoms in total. The van der Waals surface area contributed by atoms with Crippen LogP contribution in [0.1, 0.15) is 23.1 Å². The van der Waals surface area contributed by atoms with Gasteiger partial charge in [-0.05, 0) is 25.5 Å². The van der Waals surface area contributed by atoms with Crippen LogP contribution in [0.2, 0.25) is 0 Å². The van der Waals surface area contributed by atoms with Crippen LogP contribution in [0, 0.1) is 0 Å². The zero-order valence-electron chi connectivity index (χ0n) is 9.20. The molecule has 2 heterocycles. The zero-order valence-corrected chi connectivity index (χ0v) is 10.0. The summed E-state index contributed by atoms with van der Waals surface area (Å²) in [5.74, 6) is 0. The zero-order chi connectivity index (χ0) is 10.7. The number of hydrogen-bond donors (Lipinski definition) is 1. The second kappa shape index (κ2) is 4.92. The maximum absolute atomic E-state index is 5.61. The van der Waals surface area contributed by atoms with Gasteiger partial charge in [-0.2, -0.15) is 0 Å². The molecule has 0 amide bonds. The maximum Gasteiger partial charge on any atom is 0.0331 e. The normalized spacial score (nSPS) is 17.9. The minimum Gasteiger partial charge on any atom is -0.326 e. The lowest BCUT2D eigenvalue weighted by molar-refractivity contribution is 0.285. The van der Waals surface area contributed by atoms with E-state index in [4.69, 9.17) is 5.73 Å². The predicted molar refractivity (Wildman–Crippen MR) is 65.9 cm³/mol. The van der Waals surface area contributed by atoms with Crippen LogP contribution in [0.25, 0.3) is 0 Å². The fraction of sp³-hybridized carbons (Fsp3) is 0.500. The highest BCUT2D eigenvalue weighted by atomic mass is 32.1. The molecule has 0 unspecified atom stereocenters. The summed E-state index contributed by atoms with van der Waals surface area (Å²) in [5.41, 5.74) is 7.10. The van der Waals surface area contributed by atoms with E-state index in [1.54, 1.807) is 0 Å². The molecule has 0 fully saturated rings. The van der Waals surface area contributed by atoms with Gasteiger partial charge in [0, 0.05) is 35.9 Å². The molecule has 2 N–H and O–H groups in total. The molecule has 0 bridgehead atoms. The smallest absolute Gasteiger partial charge is 0.0331 e. The molecule has 1 aliphatic heterocycles. The molecule has 3 heteroatoms. The van der Waals surface area contributed by atoms with Crippen LogP contribution in [0.15, 0.2) is 23.8 Å². The van der Waals surface area contributed by atoms with Crippen LogP contribution in [0.5, 0.6) is 0 Å². The minimum atomic E-state index is 0.670. The third-order valence-electron chi connectivity index (χ3n) is 2.71. The van der Waals surface area contributed by atoms with Gasteiger partial charge in [-0.25, -0.2) is 0 Å². The van der Waals surface area contributed by atoms with Crippen LogP contribution >= 0.6 is 11.3 Å². The Morgan fingerprint density at radius 3 is 2.87 bits per heavy atom. The van der Waals surface area contributed by atoms with Crippen LogP contribution in [-0.4, -0.2) is 18.0 Å². The molecule has 0 saturated carbocycles. The molecule has 2 rings (SSSR count). The molecule has 15 heavy (non-hydrogen) atoms. The Morgan fingerprint density at radius 1 is 1.40 bits per heavy atom. The van der Waals surface area contributed by atoms with Crippen molar-refractivity contribution < 1.29 is 0 Å². The first-order valence-electron chi connectivity index (χ1n) is 5.43. The highest BCUT2D eigenvalue weighted by Gasteiger charge is 2.11. The van der Waals surface area contributed by atoms with Gasteiger partial charge >= 0.3 is 0 Å². The average Bonchev–Trinajstić information content (AvgIpc) is 2.65. The van der Waals surface area contributed by atoms with E-state index >= 15 is 0 Å². The van der Waals surface area contributed by atoms with Gasteiger partial charge in [0.05, 0.1) is 0 Å². The Labute approximate surface area is 95.4 Å². The predicted octanol–water partition coefficient (Wildman–Crippen LogP) is 2.36. The van der Waals surface area contributed by atoms with Crippen molar-refractivity contribution in [3.63, 3.8) is 0 Å². The van der Waals surface area contributed by atoms with E-state index < -0.39 is 0 Å². The lowest BCUT2D eigenvalue weighted by atomic mass is 10.1. The van der Waals surface area contributed by atoms with Gasteiger partial charge < -0.3 is 5.73 Å². The molecular formula is C12H18N2S. The summed E-state index contributed by atoms with van der Waals surface area (Å²) in [6.07, 6.45) is 3.54.